The standard InChI is InChI=1S/C14H13FN/c1-11-6-2-5-9-14(11)16-10-12-7-3-4-8-13(12)15/h2-9,16H,1,10H2. The first-order valence-electron chi connectivity index (χ1n) is 5.15. The van der Waals surface area contributed by atoms with Gasteiger partial charge in [-0.25, -0.2) is 4.39 Å². The highest BCUT2D eigenvalue weighted by Gasteiger charge is 2.01. The van der Waals surface area contributed by atoms with Crippen molar-refractivity contribution in [2.45, 2.75) is 6.54 Å². The predicted octanol–water partition coefficient (Wildman–Crippen LogP) is 3.62. The summed E-state index contributed by atoms with van der Waals surface area (Å²) in [5, 5.41) is 3.17. The molecule has 0 aliphatic heterocycles. The minimum Gasteiger partial charge on any atom is -0.381 e. The van der Waals surface area contributed by atoms with Gasteiger partial charge in [0.1, 0.15) is 5.82 Å². The van der Waals surface area contributed by atoms with E-state index in [1.807, 2.05) is 30.3 Å². The Kier molecular flexibility index (Phi) is 3.20. The van der Waals surface area contributed by atoms with Gasteiger partial charge in [0, 0.05) is 17.8 Å². The van der Waals surface area contributed by atoms with Crippen molar-refractivity contribution in [3.8, 4) is 0 Å². The zero-order chi connectivity index (χ0) is 11.4. The lowest BCUT2D eigenvalue weighted by Crippen LogP contribution is -2.02. The maximum atomic E-state index is 13.3. The van der Waals surface area contributed by atoms with Gasteiger partial charge in [-0.05, 0) is 24.6 Å². The van der Waals surface area contributed by atoms with E-state index in [1.54, 1.807) is 12.1 Å². The zero-order valence-electron chi connectivity index (χ0n) is 8.91. The van der Waals surface area contributed by atoms with Crippen LogP contribution < -0.4 is 5.32 Å². The van der Waals surface area contributed by atoms with Crippen LogP contribution in [0.4, 0.5) is 10.1 Å². The molecule has 2 heteroatoms. The molecule has 81 valence electrons. The Morgan fingerprint density at radius 3 is 2.44 bits per heavy atom. The minimum absolute atomic E-state index is 0.184. The fourth-order valence-corrected chi connectivity index (χ4v) is 1.52. The molecule has 1 radical (unpaired) electrons. The van der Waals surface area contributed by atoms with E-state index in [2.05, 4.69) is 12.2 Å². The number of anilines is 1. The number of rotatable bonds is 3. The second-order valence-corrected chi connectivity index (χ2v) is 3.60. The monoisotopic (exact) mass is 214 g/mol. The Balaban J connectivity index is 2.09. The van der Waals surface area contributed by atoms with Gasteiger partial charge in [0.15, 0.2) is 0 Å². The van der Waals surface area contributed by atoms with E-state index in [0.717, 1.165) is 11.3 Å². The average Bonchev–Trinajstić information content (AvgIpc) is 2.30. The summed E-state index contributed by atoms with van der Waals surface area (Å²) in [4.78, 5) is 0. The molecule has 1 N–H and O–H groups in total. The average molecular weight is 214 g/mol. The third-order valence-electron chi connectivity index (χ3n) is 2.44. The Bertz CT molecular complexity index is 434. The summed E-state index contributed by atoms with van der Waals surface area (Å²) in [6, 6.07) is 14.5. The molecule has 0 spiro atoms. The number of hydrogen-bond acceptors (Lipinski definition) is 1. The first-order valence-corrected chi connectivity index (χ1v) is 5.15. The van der Waals surface area contributed by atoms with E-state index >= 15 is 0 Å². The maximum absolute atomic E-state index is 13.3. The van der Waals surface area contributed by atoms with E-state index in [0.29, 0.717) is 12.1 Å². The van der Waals surface area contributed by atoms with Crippen LogP contribution in [0.25, 0.3) is 0 Å². The molecule has 0 aliphatic carbocycles. The van der Waals surface area contributed by atoms with Crippen LogP contribution in [0, 0.1) is 12.7 Å². The van der Waals surface area contributed by atoms with Gasteiger partial charge in [-0.2, -0.15) is 0 Å². The highest BCUT2D eigenvalue weighted by Crippen LogP contribution is 2.15. The summed E-state index contributed by atoms with van der Waals surface area (Å²) in [6.45, 7) is 4.37. The number of halogens is 1. The van der Waals surface area contributed by atoms with Crippen LogP contribution in [0.3, 0.4) is 0 Å². The molecule has 0 amide bonds. The molecule has 0 unspecified atom stereocenters. The zero-order valence-corrected chi connectivity index (χ0v) is 8.91. The molecule has 16 heavy (non-hydrogen) atoms. The summed E-state index contributed by atoms with van der Waals surface area (Å²) < 4.78 is 13.3. The van der Waals surface area contributed by atoms with Crippen LogP contribution in [0.1, 0.15) is 11.1 Å². The second kappa shape index (κ2) is 4.79. The lowest BCUT2D eigenvalue weighted by atomic mass is 10.1. The van der Waals surface area contributed by atoms with E-state index in [-0.39, 0.29) is 5.82 Å². The molecule has 0 heterocycles. The molecule has 2 rings (SSSR count). The SMILES string of the molecule is [CH2]c1ccccc1NCc1ccccc1F. The molecule has 0 saturated heterocycles. The van der Waals surface area contributed by atoms with Gasteiger partial charge in [0.25, 0.3) is 0 Å². The van der Waals surface area contributed by atoms with Crippen LogP contribution in [-0.4, -0.2) is 0 Å². The normalized spacial score (nSPS) is 10.1. The number of para-hydroxylation sites is 1. The van der Waals surface area contributed by atoms with Gasteiger partial charge in [0.2, 0.25) is 0 Å². The van der Waals surface area contributed by atoms with Gasteiger partial charge in [-0.3, -0.25) is 0 Å². The van der Waals surface area contributed by atoms with Crippen molar-refractivity contribution in [3.63, 3.8) is 0 Å². The summed E-state index contributed by atoms with van der Waals surface area (Å²) in [5.74, 6) is -0.184. The van der Waals surface area contributed by atoms with Crippen LogP contribution in [-0.2, 0) is 6.54 Å². The van der Waals surface area contributed by atoms with Crippen molar-refractivity contribution in [2.75, 3.05) is 5.32 Å². The molecule has 2 aromatic carbocycles. The first-order chi connectivity index (χ1) is 7.77. The van der Waals surface area contributed by atoms with E-state index in [1.165, 1.54) is 6.07 Å². The molecule has 1 nitrogen and oxygen atoms in total. The number of hydrogen-bond donors (Lipinski definition) is 1. The molecule has 0 atom stereocenters. The maximum Gasteiger partial charge on any atom is 0.128 e. The third kappa shape index (κ3) is 2.40. The van der Waals surface area contributed by atoms with Crippen LogP contribution in [0.5, 0.6) is 0 Å². The van der Waals surface area contributed by atoms with Crippen molar-refractivity contribution < 1.29 is 4.39 Å². The minimum atomic E-state index is -0.184. The van der Waals surface area contributed by atoms with Crippen LogP contribution in [0.2, 0.25) is 0 Å². The van der Waals surface area contributed by atoms with Gasteiger partial charge in [0.05, 0.1) is 0 Å². The topological polar surface area (TPSA) is 12.0 Å². The van der Waals surface area contributed by atoms with Crippen molar-refractivity contribution in [2.24, 2.45) is 0 Å². The van der Waals surface area contributed by atoms with Gasteiger partial charge in [-0.1, -0.05) is 36.4 Å². The van der Waals surface area contributed by atoms with Crippen molar-refractivity contribution in [3.05, 3.63) is 72.4 Å². The molecule has 0 bridgehead atoms. The Morgan fingerprint density at radius 2 is 1.69 bits per heavy atom. The van der Waals surface area contributed by atoms with Gasteiger partial charge < -0.3 is 5.32 Å². The molecule has 0 fully saturated rings. The van der Waals surface area contributed by atoms with Crippen LogP contribution >= 0.6 is 0 Å². The highest BCUT2D eigenvalue weighted by molar-refractivity contribution is 5.52. The molecular formula is C14H13FN. The Labute approximate surface area is 94.9 Å². The Morgan fingerprint density at radius 1 is 1.00 bits per heavy atom. The molecular weight excluding hydrogens is 201 g/mol. The van der Waals surface area contributed by atoms with E-state index in [4.69, 9.17) is 0 Å². The number of benzene rings is 2. The molecule has 0 aliphatic rings. The smallest absolute Gasteiger partial charge is 0.128 e. The fraction of sp³-hybridized carbons (Fsp3) is 0.0714. The number of nitrogens with one attached hydrogen (secondary N) is 1. The first kappa shape index (κ1) is 10.7. The van der Waals surface area contributed by atoms with Crippen LogP contribution in [0.15, 0.2) is 48.5 Å². The largest absolute Gasteiger partial charge is 0.381 e. The van der Waals surface area contributed by atoms with Gasteiger partial charge >= 0.3 is 0 Å². The second-order valence-electron chi connectivity index (χ2n) is 3.60. The van der Waals surface area contributed by atoms with Crippen molar-refractivity contribution >= 4 is 5.69 Å². The molecule has 2 aromatic rings. The fourth-order valence-electron chi connectivity index (χ4n) is 1.52. The summed E-state index contributed by atoms with van der Waals surface area (Å²) in [5.41, 5.74) is 2.51. The third-order valence-corrected chi connectivity index (χ3v) is 2.44. The van der Waals surface area contributed by atoms with E-state index in [9.17, 15) is 4.39 Å². The van der Waals surface area contributed by atoms with E-state index < -0.39 is 0 Å². The van der Waals surface area contributed by atoms with Crippen molar-refractivity contribution in [1.29, 1.82) is 0 Å². The Hall–Kier alpha value is -1.83. The summed E-state index contributed by atoms with van der Waals surface area (Å²) in [6.07, 6.45) is 0. The van der Waals surface area contributed by atoms with Gasteiger partial charge in [-0.15, -0.1) is 0 Å². The molecule has 0 saturated carbocycles. The lowest BCUT2D eigenvalue weighted by molar-refractivity contribution is 0.613. The predicted molar refractivity (Wildman–Crippen MR) is 64.6 cm³/mol. The summed E-state index contributed by atoms with van der Waals surface area (Å²) in [7, 11) is 0. The highest BCUT2D eigenvalue weighted by atomic mass is 19.1. The van der Waals surface area contributed by atoms with Crippen molar-refractivity contribution in [1.82, 2.24) is 0 Å². The quantitative estimate of drug-likeness (QED) is 0.822. The summed E-state index contributed by atoms with van der Waals surface area (Å²) >= 11 is 0. The molecule has 0 aromatic heterocycles. The lowest BCUT2D eigenvalue weighted by Gasteiger charge is -2.09.